The Morgan fingerprint density at radius 2 is 2.35 bits per heavy atom. The summed E-state index contributed by atoms with van der Waals surface area (Å²) in [4.78, 5) is 13.9. The Hall–Kier alpha value is -0.780. The van der Waals surface area contributed by atoms with Gasteiger partial charge in [0.25, 0.3) is 0 Å². The first-order valence-electron chi connectivity index (χ1n) is 5.26. The fourth-order valence-electron chi connectivity index (χ4n) is 1.86. The quantitative estimate of drug-likeness (QED) is 0.835. The van der Waals surface area contributed by atoms with Gasteiger partial charge in [-0.05, 0) is 13.0 Å². The molecule has 0 aliphatic carbocycles. The first-order valence-corrected chi connectivity index (χ1v) is 5.26. The molecule has 1 aliphatic heterocycles. The summed E-state index contributed by atoms with van der Waals surface area (Å²) in [5.41, 5.74) is 0.880. The molecule has 98 valence electrons. The fourth-order valence-corrected chi connectivity index (χ4v) is 1.86. The molecule has 7 heteroatoms. The minimum Gasteiger partial charge on any atom is -0.337 e. The summed E-state index contributed by atoms with van der Waals surface area (Å²) < 4.78 is 0. The van der Waals surface area contributed by atoms with Crippen molar-refractivity contribution in [1.29, 1.82) is 0 Å². The molecule has 1 fully saturated rings. The molecule has 1 atom stereocenters. The normalized spacial score (nSPS) is 19.1. The number of aromatic nitrogens is 2. The van der Waals surface area contributed by atoms with Gasteiger partial charge >= 0.3 is 0 Å². The van der Waals surface area contributed by atoms with Gasteiger partial charge in [0.1, 0.15) is 0 Å². The van der Waals surface area contributed by atoms with Crippen LogP contribution < -0.4 is 5.32 Å². The van der Waals surface area contributed by atoms with Crippen LogP contribution in [0.4, 0.5) is 0 Å². The molecule has 0 saturated carbocycles. The number of carbonyl (C=O) groups excluding carboxylic acids is 1. The van der Waals surface area contributed by atoms with Crippen molar-refractivity contribution in [2.24, 2.45) is 0 Å². The van der Waals surface area contributed by atoms with Gasteiger partial charge in [-0.25, -0.2) is 0 Å². The number of carbonyl (C=O) groups is 1. The molecule has 0 radical (unpaired) electrons. The molecule has 5 nitrogen and oxygen atoms in total. The van der Waals surface area contributed by atoms with E-state index < -0.39 is 0 Å². The van der Waals surface area contributed by atoms with Crippen molar-refractivity contribution >= 4 is 30.7 Å². The summed E-state index contributed by atoms with van der Waals surface area (Å²) in [7, 11) is 0. The standard InChI is InChI=1S/C10H16N4O.2ClH/c1-8-7-11-4-5-14(8)10(15)6-9-2-3-12-13-9;;/h2-3,8,11H,4-7H2,1H3,(H,12,13);2*1H/t8-;;/m0../s1. The molecule has 2 rings (SSSR count). The molecular formula is C10H18Cl2N4O. The lowest BCUT2D eigenvalue weighted by atomic mass is 10.2. The topological polar surface area (TPSA) is 61.0 Å². The molecule has 0 spiro atoms. The molecule has 17 heavy (non-hydrogen) atoms. The smallest absolute Gasteiger partial charge is 0.228 e. The number of H-pyrrole nitrogens is 1. The average Bonchev–Trinajstić information content (AvgIpc) is 2.71. The highest BCUT2D eigenvalue weighted by molar-refractivity contribution is 5.85. The summed E-state index contributed by atoms with van der Waals surface area (Å²) in [6.07, 6.45) is 2.09. The zero-order chi connectivity index (χ0) is 10.7. The van der Waals surface area contributed by atoms with Gasteiger partial charge in [-0.1, -0.05) is 0 Å². The molecule has 0 unspecified atom stereocenters. The van der Waals surface area contributed by atoms with E-state index in [1.165, 1.54) is 0 Å². The number of hydrogen-bond acceptors (Lipinski definition) is 3. The third kappa shape index (κ3) is 4.18. The number of halogens is 2. The highest BCUT2D eigenvalue weighted by Gasteiger charge is 2.22. The Balaban J connectivity index is 0.00000128. The lowest BCUT2D eigenvalue weighted by molar-refractivity contribution is -0.133. The van der Waals surface area contributed by atoms with Crippen LogP contribution in [0.25, 0.3) is 0 Å². The van der Waals surface area contributed by atoms with Crippen molar-refractivity contribution in [3.05, 3.63) is 18.0 Å². The highest BCUT2D eigenvalue weighted by atomic mass is 35.5. The second-order valence-electron chi connectivity index (χ2n) is 3.90. The number of hydrogen-bond donors (Lipinski definition) is 2. The van der Waals surface area contributed by atoms with Crippen molar-refractivity contribution in [1.82, 2.24) is 20.4 Å². The zero-order valence-corrected chi connectivity index (χ0v) is 11.3. The van der Waals surface area contributed by atoms with Crippen LogP contribution in [-0.4, -0.2) is 46.7 Å². The van der Waals surface area contributed by atoms with Gasteiger partial charge in [-0.3, -0.25) is 9.89 Å². The number of amides is 1. The first-order chi connectivity index (χ1) is 7.27. The number of aromatic amines is 1. The summed E-state index contributed by atoms with van der Waals surface area (Å²) >= 11 is 0. The second kappa shape index (κ2) is 7.53. The van der Waals surface area contributed by atoms with Gasteiger partial charge < -0.3 is 10.2 Å². The van der Waals surface area contributed by atoms with Crippen molar-refractivity contribution < 1.29 is 4.79 Å². The summed E-state index contributed by atoms with van der Waals surface area (Å²) in [6, 6.07) is 2.12. The second-order valence-corrected chi connectivity index (χ2v) is 3.90. The Morgan fingerprint density at radius 3 is 2.94 bits per heavy atom. The number of piperazine rings is 1. The predicted octanol–water partition coefficient (Wildman–Crippen LogP) is 0.616. The number of rotatable bonds is 2. The van der Waals surface area contributed by atoms with E-state index in [2.05, 4.69) is 22.4 Å². The van der Waals surface area contributed by atoms with E-state index >= 15 is 0 Å². The van der Waals surface area contributed by atoms with E-state index in [0.717, 1.165) is 25.3 Å². The Labute approximate surface area is 113 Å². The van der Waals surface area contributed by atoms with E-state index in [9.17, 15) is 4.79 Å². The predicted molar refractivity (Wildman–Crippen MR) is 70.8 cm³/mol. The Kier molecular flexibility index (Phi) is 7.18. The van der Waals surface area contributed by atoms with E-state index in [4.69, 9.17) is 0 Å². The molecule has 1 aliphatic rings. The summed E-state index contributed by atoms with van der Waals surface area (Å²) in [5, 5.41) is 9.90. The highest BCUT2D eigenvalue weighted by Crippen LogP contribution is 2.06. The molecule has 0 bridgehead atoms. The third-order valence-electron chi connectivity index (χ3n) is 2.72. The SMILES string of the molecule is C[C@H]1CNCCN1C(=O)Cc1ccn[nH]1.Cl.Cl. The maximum atomic E-state index is 11.9. The molecule has 2 heterocycles. The van der Waals surface area contributed by atoms with Crippen molar-refractivity contribution in [2.75, 3.05) is 19.6 Å². The van der Waals surface area contributed by atoms with E-state index in [0.29, 0.717) is 6.42 Å². The fraction of sp³-hybridized carbons (Fsp3) is 0.600. The van der Waals surface area contributed by atoms with Crippen LogP contribution in [-0.2, 0) is 11.2 Å². The van der Waals surface area contributed by atoms with E-state index in [-0.39, 0.29) is 36.8 Å². The van der Waals surface area contributed by atoms with Gasteiger partial charge in [0.2, 0.25) is 5.91 Å². The van der Waals surface area contributed by atoms with Crippen molar-refractivity contribution in [2.45, 2.75) is 19.4 Å². The molecule has 1 aromatic heterocycles. The average molecular weight is 281 g/mol. The minimum atomic E-state index is 0. The zero-order valence-electron chi connectivity index (χ0n) is 9.68. The van der Waals surface area contributed by atoms with Gasteiger partial charge in [-0.2, -0.15) is 5.10 Å². The molecule has 1 aromatic rings. The molecular weight excluding hydrogens is 263 g/mol. The van der Waals surface area contributed by atoms with Crippen LogP contribution in [0.15, 0.2) is 12.3 Å². The lowest BCUT2D eigenvalue weighted by Crippen LogP contribution is -2.52. The Bertz CT molecular complexity index is 331. The Morgan fingerprint density at radius 1 is 1.59 bits per heavy atom. The molecule has 2 N–H and O–H groups in total. The number of nitrogens with zero attached hydrogens (tertiary/aromatic N) is 2. The van der Waals surface area contributed by atoms with Gasteiger partial charge in [-0.15, -0.1) is 24.8 Å². The largest absolute Gasteiger partial charge is 0.337 e. The number of nitrogens with one attached hydrogen (secondary N) is 2. The monoisotopic (exact) mass is 280 g/mol. The first kappa shape index (κ1) is 16.2. The van der Waals surface area contributed by atoms with Crippen LogP contribution in [0.5, 0.6) is 0 Å². The van der Waals surface area contributed by atoms with Crippen LogP contribution in [0.3, 0.4) is 0 Å². The van der Waals surface area contributed by atoms with Gasteiger partial charge in [0.15, 0.2) is 0 Å². The van der Waals surface area contributed by atoms with Crippen LogP contribution in [0.2, 0.25) is 0 Å². The summed E-state index contributed by atoms with van der Waals surface area (Å²) in [5.74, 6) is 0.174. The maximum Gasteiger partial charge on any atom is 0.228 e. The van der Waals surface area contributed by atoms with Crippen molar-refractivity contribution in [3.8, 4) is 0 Å². The summed E-state index contributed by atoms with van der Waals surface area (Å²) in [6.45, 7) is 4.64. The van der Waals surface area contributed by atoms with Crippen molar-refractivity contribution in [3.63, 3.8) is 0 Å². The van der Waals surface area contributed by atoms with E-state index in [1.54, 1.807) is 6.20 Å². The molecule has 1 amide bonds. The molecule has 1 saturated heterocycles. The van der Waals surface area contributed by atoms with Gasteiger partial charge in [0, 0.05) is 37.6 Å². The minimum absolute atomic E-state index is 0. The molecule has 0 aromatic carbocycles. The van der Waals surface area contributed by atoms with Crippen LogP contribution in [0.1, 0.15) is 12.6 Å². The van der Waals surface area contributed by atoms with Crippen LogP contribution >= 0.6 is 24.8 Å². The van der Waals surface area contributed by atoms with Gasteiger partial charge in [0.05, 0.1) is 6.42 Å². The third-order valence-corrected chi connectivity index (χ3v) is 2.72. The maximum absolute atomic E-state index is 11.9. The van der Waals surface area contributed by atoms with Crippen LogP contribution in [0, 0.1) is 0 Å². The lowest BCUT2D eigenvalue weighted by Gasteiger charge is -2.33. The van der Waals surface area contributed by atoms with E-state index in [1.807, 2.05) is 11.0 Å².